The molecule has 1 unspecified atom stereocenters. The van der Waals surface area contributed by atoms with Crippen molar-refractivity contribution in [1.29, 1.82) is 0 Å². The molecule has 0 fully saturated rings. The zero-order chi connectivity index (χ0) is 12.2. The van der Waals surface area contributed by atoms with Crippen LogP contribution < -0.4 is 0 Å². The van der Waals surface area contributed by atoms with Gasteiger partial charge >= 0.3 is 0 Å². The van der Waals surface area contributed by atoms with Crippen molar-refractivity contribution >= 4 is 12.1 Å². The molecule has 1 aromatic carbocycles. The number of Topliss-reactive ketones (excluding diaryl/α,β-unsaturated/α-hetero) is 1. The third kappa shape index (κ3) is 2.55. The molecule has 0 spiro atoms. The molecule has 1 N–H and O–H groups in total. The second-order valence-electron chi connectivity index (χ2n) is 4.18. The van der Waals surface area contributed by atoms with Gasteiger partial charge in [0.15, 0.2) is 17.7 Å². The van der Waals surface area contributed by atoms with Crippen molar-refractivity contribution in [3.05, 3.63) is 35.9 Å². The predicted octanol–water partition coefficient (Wildman–Crippen LogP) is 1.38. The summed E-state index contributed by atoms with van der Waals surface area (Å²) in [6.45, 7) is 3.30. The molecule has 3 nitrogen and oxygen atoms in total. The van der Waals surface area contributed by atoms with Crippen LogP contribution in [0.5, 0.6) is 0 Å². The van der Waals surface area contributed by atoms with Gasteiger partial charge in [-0.2, -0.15) is 0 Å². The van der Waals surface area contributed by atoms with E-state index in [1.807, 2.05) is 18.2 Å². The molecule has 0 saturated carbocycles. The Morgan fingerprint density at radius 1 is 1.38 bits per heavy atom. The third-order valence-electron chi connectivity index (χ3n) is 2.71. The van der Waals surface area contributed by atoms with Crippen molar-refractivity contribution in [3.8, 4) is 0 Å². The Balaban J connectivity index is 2.83. The molecule has 1 aromatic rings. The van der Waals surface area contributed by atoms with E-state index < -0.39 is 17.3 Å². The first-order valence-electron chi connectivity index (χ1n) is 5.26. The lowest BCUT2D eigenvalue weighted by atomic mass is 9.85. The standard InChI is InChI=1S/C13H16O3/c1-10(2)13(16,9-14)12(15)8-11-6-4-3-5-7-11/h3-7,9-10,16H,8H2,1-2H3. The Labute approximate surface area is 95.1 Å². The fourth-order valence-corrected chi connectivity index (χ4v) is 1.45. The highest BCUT2D eigenvalue weighted by molar-refractivity contribution is 6.02. The summed E-state index contributed by atoms with van der Waals surface area (Å²) in [5.41, 5.74) is -1.07. The van der Waals surface area contributed by atoms with E-state index in [0.29, 0.717) is 6.29 Å². The number of rotatable bonds is 5. The molecule has 0 aliphatic heterocycles. The minimum absolute atomic E-state index is 0.0776. The lowest BCUT2D eigenvalue weighted by molar-refractivity contribution is -0.147. The molecule has 3 heteroatoms. The molecule has 0 aromatic heterocycles. The number of hydrogen-bond acceptors (Lipinski definition) is 3. The number of aldehydes is 1. The van der Waals surface area contributed by atoms with E-state index in [1.165, 1.54) is 0 Å². The Hall–Kier alpha value is -1.48. The molecule has 1 atom stereocenters. The van der Waals surface area contributed by atoms with E-state index in [1.54, 1.807) is 26.0 Å². The molecule has 0 aliphatic carbocycles. The third-order valence-corrected chi connectivity index (χ3v) is 2.71. The summed E-state index contributed by atoms with van der Waals surface area (Å²) in [6.07, 6.45) is 0.414. The fourth-order valence-electron chi connectivity index (χ4n) is 1.45. The van der Waals surface area contributed by atoms with Gasteiger partial charge in [-0.15, -0.1) is 0 Å². The first-order chi connectivity index (χ1) is 7.50. The second kappa shape index (κ2) is 5.03. The summed E-state index contributed by atoms with van der Waals surface area (Å²) in [4.78, 5) is 22.7. The molecule has 0 radical (unpaired) electrons. The Kier molecular flexibility index (Phi) is 3.96. The van der Waals surface area contributed by atoms with Gasteiger partial charge in [-0.3, -0.25) is 9.59 Å². The summed E-state index contributed by atoms with van der Waals surface area (Å²) in [7, 11) is 0. The fraction of sp³-hybridized carbons (Fsp3) is 0.385. The first kappa shape index (κ1) is 12.6. The molecular weight excluding hydrogens is 204 g/mol. The zero-order valence-electron chi connectivity index (χ0n) is 9.51. The van der Waals surface area contributed by atoms with Crippen LogP contribution in [0, 0.1) is 5.92 Å². The average molecular weight is 220 g/mol. The van der Waals surface area contributed by atoms with Crippen molar-refractivity contribution < 1.29 is 14.7 Å². The Morgan fingerprint density at radius 2 is 1.94 bits per heavy atom. The van der Waals surface area contributed by atoms with Crippen LogP contribution in [-0.4, -0.2) is 22.8 Å². The van der Waals surface area contributed by atoms with Crippen LogP contribution in [-0.2, 0) is 16.0 Å². The van der Waals surface area contributed by atoms with Crippen molar-refractivity contribution in [2.75, 3.05) is 0 Å². The molecule has 0 bridgehead atoms. The van der Waals surface area contributed by atoms with E-state index in [2.05, 4.69) is 0 Å². The number of ketones is 1. The average Bonchev–Trinajstić information content (AvgIpc) is 2.28. The monoisotopic (exact) mass is 220 g/mol. The van der Waals surface area contributed by atoms with Crippen LogP contribution in [0.3, 0.4) is 0 Å². The lowest BCUT2D eigenvalue weighted by Gasteiger charge is -2.24. The van der Waals surface area contributed by atoms with E-state index in [9.17, 15) is 14.7 Å². The summed E-state index contributed by atoms with van der Waals surface area (Å²) in [5, 5.41) is 9.91. The Bertz CT molecular complexity index is 370. The maximum absolute atomic E-state index is 11.8. The van der Waals surface area contributed by atoms with Gasteiger partial charge in [-0.1, -0.05) is 44.2 Å². The van der Waals surface area contributed by atoms with Crippen molar-refractivity contribution in [3.63, 3.8) is 0 Å². The van der Waals surface area contributed by atoms with Gasteiger partial charge in [0.1, 0.15) is 0 Å². The first-order valence-corrected chi connectivity index (χ1v) is 5.26. The number of aliphatic hydroxyl groups is 1. The van der Waals surface area contributed by atoms with Gasteiger partial charge < -0.3 is 5.11 Å². The van der Waals surface area contributed by atoms with Crippen molar-refractivity contribution in [2.24, 2.45) is 5.92 Å². The number of carbonyl (C=O) groups excluding carboxylic acids is 2. The van der Waals surface area contributed by atoms with E-state index in [-0.39, 0.29) is 6.42 Å². The summed E-state index contributed by atoms with van der Waals surface area (Å²) in [6, 6.07) is 9.07. The quantitative estimate of drug-likeness (QED) is 0.602. The minimum atomic E-state index is -1.87. The maximum Gasteiger partial charge on any atom is 0.180 e. The van der Waals surface area contributed by atoms with Gasteiger partial charge in [0.2, 0.25) is 0 Å². The van der Waals surface area contributed by atoms with Gasteiger partial charge in [0.25, 0.3) is 0 Å². The van der Waals surface area contributed by atoms with E-state index in [4.69, 9.17) is 0 Å². The smallest absolute Gasteiger partial charge is 0.180 e. The molecule has 0 saturated heterocycles. The molecule has 16 heavy (non-hydrogen) atoms. The molecule has 0 amide bonds. The van der Waals surface area contributed by atoms with Gasteiger partial charge in [0, 0.05) is 6.42 Å². The molecular formula is C13H16O3. The number of benzene rings is 1. The highest BCUT2D eigenvalue weighted by atomic mass is 16.3. The predicted molar refractivity (Wildman–Crippen MR) is 61.0 cm³/mol. The van der Waals surface area contributed by atoms with E-state index in [0.717, 1.165) is 5.56 Å². The molecule has 86 valence electrons. The van der Waals surface area contributed by atoms with Crippen molar-refractivity contribution in [2.45, 2.75) is 25.9 Å². The van der Waals surface area contributed by atoms with Gasteiger partial charge in [0.05, 0.1) is 0 Å². The summed E-state index contributed by atoms with van der Waals surface area (Å²) >= 11 is 0. The van der Waals surface area contributed by atoms with Crippen molar-refractivity contribution in [1.82, 2.24) is 0 Å². The number of carbonyl (C=O) groups is 2. The zero-order valence-corrected chi connectivity index (χ0v) is 9.51. The van der Waals surface area contributed by atoms with Crippen LogP contribution in [0.25, 0.3) is 0 Å². The Morgan fingerprint density at radius 3 is 2.38 bits per heavy atom. The maximum atomic E-state index is 11.8. The highest BCUT2D eigenvalue weighted by Gasteiger charge is 2.38. The molecule has 0 heterocycles. The minimum Gasteiger partial charge on any atom is -0.375 e. The highest BCUT2D eigenvalue weighted by Crippen LogP contribution is 2.18. The summed E-state index contributed by atoms with van der Waals surface area (Å²) < 4.78 is 0. The van der Waals surface area contributed by atoms with Gasteiger partial charge in [-0.05, 0) is 11.5 Å². The van der Waals surface area contributed by atoms with E-state index >= 15 is 0 Å². The van der Waals surface area contributed by atoms with Crippen LogP contribution in [0.1, 0.15) is 19.4 Å². The van der Waals surface area contributed by atoms with Crippen LogP contribution in [0.4, 0.5) is 0 Å². The van der Waals surface area contributed by atoms with Crippen LogP contribution in [0.15, 0.2) is 30.3 Å². The van der Waals surface area contributed by atoms with Crippen LogP contribution >= 0.6 is 0 Å². The SMILES string of the molecule is CC(C)C(O)(C=O)C(=O)Cc1ccccc1. The molecule has 0 aliphatic rings. The van der Waals surface area contributed by atoms with Gasteiger partial charge in [-0.25, -0.2) is 0 Å². The normalized spacial score (nSPS) is 14.5. The second-order valence-corrected chi connectivity index (χ2v) is 4.18. The summed E-state index contributed by atoms with van der Waals surface area (Å²) in [5.74, 6) is -0.870. The largest absolute Gasteiger partial charge is 0.375 e. The van der Waals surface area contributed by atoms with Crippen LogP contribution in [0.2, 0.25) is 0 Å². The molecule has 1 rings (SSSR count). The lowest BCUT2D eigenvalue weighted by Crippen LogP contribution is -2.46. The topological polar surface area (TPSA) is 54.4 Å². The number of hydrogen-bond donors (Lipinski definition) is 1.